The van der Waals surface area contributed by atoms with Crippen LogP contribution in [0.1, 0.15) is 33.6 Å². The molecule has 4 N–H and O–H groups in total. The van der Waals surface area contributed by atoms with E-state index in [1.54, 1.807) is 12.4 Å². The van der Waals surface area contributed by atoms with Crippen LogP contribution in [0.5, 0.6) is 0 Å². The third-order valence-electron chi connectivity index (χ3n) is 3.18. The van der Waals surface area contributed by atoms with Crippen molar-refractivity contribution < 1.29 is 0 Å². The van der Waals surface area contributed by atoms with Gasteiger partial charge >= 0.3 is 0 Å². The largest absolute Gasteiger partial charge is 0.366 e. The molecule has 0 amide bonds. The minimum Gasteiger partial charge on any atom is -0.366 e. The van der Waals surface area contributed by atoms with Crippen LogP contribution in [0.2, 0.25) is 0 Å². The quantitative estimate of drug-likeness (QED) is 0.466. The van der Waals surface area contributed by atoms with Gasteiger partial charge in [-0.1, -0.05) is 13.8 Å². The minimum absolute atomic E-state index is 0.373. The Kier molecular flexibility index (Phi) is 7.14. The lowest BCUT2D eigenvalue weighted by molar-refractivity contribution is 0.295. The first-order chi connectivity index (χ1) is 9.19. The molecule has 1 rings (SSSR count). The molecule has 1 atom stereocenters. The van der Waals surface area contributed by atoms with Crippen LogP contribution in [-0.2, 0) is 0 Å². The highest BCUT2D eigenvalue weighted by Crippen LogP contribution is 2.09. The molecule has 6 heteroatoms. The van der Waals surface area contributed by atoms with Crippen molar-refractivity contribution in [3.63, 3.8) is 0 Å². The number of hydrogen-bond donors (Lipinski definition) is 3. The number of hydrazine groups is 1. The van der Waals surface area contributed by atoms with Crippen LogP contribution in [0, 0.1) is 0 Å². The van der Waals surface area contributed by atoms with E-state index in [-0.39, 0.29) is 0 Å². The van der Waals surface area contributed by atoms with Gasteiger partial charge in [0.05, 0.1) is 12.4 Å². The Bertz CT molecular complexity index is 353. The molecule has 0 aliphatic heterocycles. The maximum atomic E-state index is 5.31. The highest BCUT2D eigenvalue weighted by atomic mass is 15.3. The number of nitrogens with zero attached hydrogens (tertiary/aromatic N) is 3. The fourth-order valence-electron chi connectivity index (χ4n) is 1.99. The second-order valence-corrected chi connectivity index (χ2v) is 4.65. The Hall–Kier alpha value is -1.40. The number of nitrogen functional groups attached to an aromatic ring is 1. The topological polar surface area (TPSA) is 79.1 Å². The first-order valence-electron chi connectivity index (χ1n) is 6.97. The molecule has 0 saturated carbocycles. The van der Waals surface area contributed by atoms with Crippen molar-refractivity contribution in [3.8, 4) is 0 Å². The number of nitrogens with one attached hydrogen (secondary N) is 2. The van der Waals surface area contributed by atoms with Crippen molar-refractivity contribution >= 4 is 11.6 Å². The lowest BCUT2D eigenvalue weighted by Gasteiger charge is -2.20. The van der Waals surface area contributed by atoms with Crippen LogP contribution in [0.4, 0.5) is 11.6 Å². The van der Waals surface area contributed by atoms with E-state index in [0.29, 0.717) is 11.9 Å². The zero-order valence-corrected chi connectivity index (χ0v) is 12.2. The first kappa shape index (κ1) is 15.7. The van der Waals surface area contributed by atoms with Gasteiger partial charge in [0.2, 0.25) is 0 Å². The smallest absolute Gasteiger partial charge is 0.160 e. The number of nitrogens with two attached hydrogens (primary N) is 1. The molecule has 0 radical (unpaired) electrons. The maximum Gasteiger partial charge on any atom is 0.160 e. The van der Waals surface area contributed by atoms with Crippen molar-refractivity contribution in [2.24, 2.45) is 5.84 Å². The number of aromatic nitrogens is 2. The summed E-state index contributed by atoms with van der Waals surface area (Å²) < 4.78 is 0. The molecule has 0 aliphatic rings. The Morgan fingerprint density at radius 2 is 1.95 bits per heavy atom. The summed E-state index contributed by atoms with van der Waals surface area (Å²) in [6, 6.07) is 0.373. The van der Waals surface area contributed by atoms with Gasteiger partial charge < -0.3 is 15.6 Å². The Morgan fingerprint density at radius 1 is 1.26 bits per heavy atom. The molecule has 1 heterocycles. The highest BCUT2D eigenvalue weighted by molar-refractivity contribution is 5.41. The van der Waals surface area contributed by atoms with E-state index in [0.717, 1.165) is 31.9 Å². The van der Waals surface area contributed by atoms with Crippen molar-refractivity contribution in [3.05, 3.63) is 12.4 Å². The molecule has 0 aromatic carbocycles. The first-order valence-corrected chi connectivity index (χ1v) is 6.97. The molecule has 0 bridgehead atoms. The van der Waals surface area contributed by atoms with Crippen LogP contribution in [0.15, 0.2) is 12.4 Å². The molecule has 0 fully saturated rings. The van der Waals surface area contributed by atoms with E-state index in [1.807, 2.05) is 0 Å². The second kappa shape index (κ2) is 8.66. The third-order valence-corrected chi connectivity index (χ3v) is 3.18. The summed E-state index contributed by atoms with van der Waals surface area (Å²) in [5.74, 6) is 6.63. The summed E-state index contributed by atoms with van der Waals surface area (Å²) in [6.07, 6.45) is 5.59. The molecule has 1 aromatic heterocycles. The van der Waals surface area contributed by atoms with Gasteiger partial charge in [-0.3, -0.25) is 4.98 Å². The zero-order chi connectivity index (χ0) is 14.1. The van der Waals surface area contributed by atoms with E-state index >= 15 is 0 Å². The molecule has 6 nitrogen and oxygen atoms in total. The SMILES string of the molecule is CCN(CC)CCCC(C)Nc1cncc(NN)n1. The monoisotopic (exact) mass is 266 g/mol. The number of hydrogen-bond acceptors (Lipinski definition) is 6. The summed E-state index contributed by atoms with van der Waals surface area (Å²) >= 11 is 0. The second-order valence-electron chi connectivity index (χ2n) is 4.65. The minimum atomic E-state index is 0.373. The van der Waals surface area contributed by atoms with Gasteiger partial charge in [0.15, 0.2) is 5.82 Å². The Balaban J connectivity index is 2.32. The number of anilines is 2. The van der Waals surface area contributed by atoms with E-state index in [1.165, 1.54) is 6.42 Å². The van der Waals surface area contributed by atoms with Crippen LogP contribution < -0.4 is 16.6 Å². The zero-order valence-electron chi connectivity index (χ0n) is 12.2. The average molecular weight is 266 g/mol. The van der Waals surface area contributed by atoms with Gasteiger partial charge in [0, 0.05) is 6.04 Å². The van der Waals surface area contributed by atoms with Gasteiger partial charge in [0.25, 0.3) is 0 Å². The maximum absolute atomic E-state index is 5.31. The summed E-state index contributed by atoms with van der Waals surface area (Å²) in [5, 5.41) is 3.34. The van der Waals surface area contributed by atoms with Gasteiger partial charge in [0.1, 0.15) is 5.82 Å². The highest BCUT2D eigenvalue weighted by Gasteiger charge is 2.05. The molecule has 0 saturated heterocycles. The van der Waals surface area contributed by atoms with Gasteiger partial charge in [-0.15, -0.1) is 0 Å². The predicted octanol–water partition coefficient (Wildman–Crippen LogP) is 1.68. The van der Waals surface area contributed by atoms with Crippen molar-refractivity contribution in [2.75, 3.05) is 30.4 Å². The molecule has 1 unspecified atom stereocenters. The molecule has 0 spiro atoms. The molecule has 19 heavy (non-hydrogen) atoms. The fourth-order valence-corrected chi connectivity index (χ4v) is 1.99. The Labute approximate surface area is 115 Å². The molecule has 108 valence electrons. The summed E-state index contributed by atoms with van der Waals surface area (Å²) in [7, 11) is 0. The number of rotatable bonds is 9. The summed E-state index contributed by atoms with van der Waals surface area (Å²) in [5.41, 5.74) is 2.49. The molecule has 1 aromatic rings. The van der Waals surface area contributed by atoms with Crippen molar-refractivity contribution in [2.45, 2.75) is 39.7 Å². The Morgan fingerprint density at radius 3 is 2.58 bits per heavy atom. The van der Waals surface area contributed by atoms with Crippen LogP contribution in [0.25, 0.3) is 0 Å². The average Bonchev–Trinajstić information content (AvgIpc) is 2.44. The summed E-state index contributed by atoms with van der Waals surface area (Å²) in [4.78, 5) is 10.8. The van der Waals surface area contributed by atoms with Crippen LogP contribution in [0.3, 0.4) is 0 Å². The van der Waals surface area contributed by atoms with Gasteiger partial charge in [-0.2, -0.15) is 0 Å². The summed E-state index contributed by atoms with van der Waals surface area (Å²) in [6.45, 7) is 9.95. The fraction of sp³-hybridized carbons (Fsp3) is 0.692. The van der Waals surface area contributed by atoms with Crippen LogP contribution in [-0.4, -0.2) is 40.5 Å². The van der Waals surface area contributed by atoms with Crippen LogP contribution >= 0.6 is 0 Å². The lowest BCUT2D eigenvalue weighted by Crippen LogP contribution is -2.25. The van der Waals surface area contributed by atoms with Crippen molar-refractivity contribution in [1.29, 1.82) is 0 Å². The lowest BCUT2D eigenvalue weighted by atomic mass is 10.2. The van der Waals surface area contributed by atoms with E-state index in [2.05, 4.69) is 46.4 Å². The van der Waals surface area contributed by atoms with Gasteiger partial charge in [-0.25, -0.2) is 10.8 Å². The molecular weight excluding hydrogens is 240 g/mol. The molecule has 0 aliphatic carbocycles. The van der Waals surface area contributed by atoms with Crippen molar-refractivity contribution in [1.82, 2.24) is 14.9 Å². The standard InChI is InChI=1S/C13H26N6/c1-4-19(5-2)8-6-7-11(3)16-12-9-15-10-13(17-12)18-14/h9-11H,4-8,14H2,1-3H3,(H2,16,17,18). The van der Waals surface area contributed by atoms with E-state index in [9.17, 15) is 0 Å². The normalized spacial score (nSPS) is 12.5. The third kappa shape index (κ3) is 5.85. The molecular formula is C13H26N6. The van der Waals surface area contributed by atoms with E-state index in [4.69, 9.17) is 5.84 Å². The van der Waals surface area contributed by atoms with E-state index < -0.39 is 0 Å². The predicted molar refractivity (Wildman–Crippen MR) is 79.9 cm³/mol. The van der Waals surface area contributed by atoms with Gasteiger partial charge in [-0.05, 0) is 39.4 Å².